The summed E-state index contributed by atoms with van der Waals surface area (Å²) in [5.74, 6) is 1.72. The molecule has 2 N–H and O–H groups in total. The minimum Gasteiger partial charge on any atom is -0.497 e. The predicted octanol–water partition coefficient (Wildman–Crippen LogP) is 4.09. The van der Waals surface area contributed by atoms with Crippen molar-refractivity contribution in [3.63, 3.8) is 0 Å². The van der Waals surface area contributed by atoms with Crippen molar-refractivity contribution in [3.05, 3.63) is 72.4 Å². The topological polar surface area (TPSA) is 72.5 Å². The van der Waals surface area contributed by atoms with E-state index < -0.39 is 0 Å². The van der Waals surface area contributed by atoms with Gasteiger partial charge in [-0.2, -0.15) is 0 Å². The second kappa shape index (κ2) is 8.02. The van der Waals surface area contributed by atoms with Crippen LogP contribution >= 0.6 is 0 Å². The van der Waals surface area contributed by atoms with Gasteiger partial charge in [0.25, 0.3) is 5.91 Å². The first-order chi connectivity index (χ1) is 12.7. The number of rotatable bonds is 6. The summed E-state index contributed by atoms with van der Waals surface area (Å²) in [5, 5.41) is 6.00. The van der Waals surface area contributed by atoms with E-state index in [0.717, 1.165) is 17.1 Å². The normalized spacial score (nSPS) is 10.1. The SMILES string of the molecule is COc1ccc(C(=O)Nc2ccc(Nc3cccc(OC)c3)cn2)cc1. The first-order valence-electron chi connectivity index (χ1n) is 8.00. The summed E-state index contributed by atoms with van der Waals surface area (Å²) in [6.45, 7) is 0. The lowest BCUT2D eigenvalue weighted by molar-refractivity contribution is 0.102. The van der Waals surface area contributed by atoms with E-state index in [9.17, 15) is 4.79 Å². The number of hydrogen-bond acceptors (Lipinski definition) is 5. The van der Waals surface area contributed by atoms with E-state index in [1.54, 1.807) is 50.7 Å². The smallest absolute Gasteiger partial charge is 0.256 e. The lowest BCUT2D eigenvalue weighted by atomic mass is 10.2. The molecule has 1 heterocycles. The monoisotopic (exact) mass is 349 g/mol. The van der Waals surface area contributed by atoms with Gasteiger partial charge < -0.3 is 20.1 Å². The molecule has 0 saturated carbocycles. The molecule has 0 spiro atoms. The van der Waals surface area contributed by atoms with Crippen LogP contribution in [0.1, 0.15) is 10.4 Å². The second-order valence-corrected chi connectivity index (χ2v) is 5.47. The Labute approximate surface area is 151 Å². The minimum atomic E-state index is -0.228. The minimum absolute atomic E-state index is 0.228. The molecule has 1 amide bonds. The molecule has 26 heavy (non-hydrogen) atoms. The van der Waals surface area contributed by atoms with Gasteiger partial charge in [0, 0.05) is 17.3 Å². The number of carbonyl (C=O) groups excluding carboxylic acids is 1. The number of hydrogen-bond donors (Lipinski definition) is 2. The molecule has 6 nitrogen and oxygen atoms in total. The van der Waals surface area contributed by atoms with Crippen LogP contribution in [-0.4, -0.2) is 25.1 Å². The zero-order valence-corrected chi connectivity index (χ0v) is 14.5. The molecule has 0 saturated heterocycles. The number of methoxy groups -OCH3 is 2. The van der Waals surface area contributed by atoms with Gasteiger partial charge in [-0.25, -0.2) is 4.98 Å². The summed E-state index contributed by atoms with van der Waals surface area (Å²) in [4.78, 5) is 16.5. The highest BCUT2D eigenvalue weighted by Crippen LogP contribution is 2.21. The summed E-state index contributed by atoms with van der Waals surface area (Å²) in [6, 6.07) is 18.1. The van der Waals surface area contributed by atoms with Crippen molar-refractivity contribution in [2.45, 2.75) is 0 Å². The lowest BCUT2D eigenvalue weighted by Gasteiger charge is -2.09. The van der Waals surface area contributed by atoms with E-state index in [-0.39, 0.29) is 5.91 Å². The molecule has 3 rings (SSSR count). The highest BCUT2D eigenvalue weighted by atomic mass is 16.5. The fourth-order valence-corrected chi connectivity index (χ4v) is 2.34. The number of anilines is 3. The average molecular weight is 349 g/mol. The molecule has 2 aromatic carbocycles. The van der Waals surface area contributed by atoms with Crippen LogP contribution in [0.25, 0.3) is 0 Å². The van der Waals surface area contributed by atoms with Crippen LogP contribution in [-0.2, 0) is 0 Å². The fourth-order valence-electron chi connectivity index (χ4n) is 2.34. The van der Waals surface area contributed by atoms with Crippen LogP contribution in [0.15, 0.2) is 66.9 Å². The van der Waals surface area contributed by atoms with Gasteiger partial charge in [-0.15, -0.1) is 0 Å². The number of nitrogens with zero attached hydrogens (tertiary/aromatic N) is 1. The molecule has 0 aliphatic rings. The Kier molecular flexibility index (Phi) is 5.34. The molecule has 0 aliphatic carbocycles. The van der Waals surface area contributed by atoms with E-state index in [2.05, 4.69) is 15.6 Å². The van der Waals surface area contributed by atoms with Crippen LogP contribution in [0.2, 0.25) is 0 Å². The first-order valence-corrected chi connectivity index (χ1v) is 8.00. The third kappa shape index (κ3) is 4.30. The molecule has 6 heteroatoms. The second-order valence-electron chi connectivity index (χ2n) is 5.47. The van der Waals surface area contributed by atoms with Crippen molar-refractivity contribution in [2.24, 2.45) is 0 Å². The van der Waals surface area contributed by atoms with Crippen LogP contribution in [0.5, 0.6) is 11.5 Å². The summed E-state index contributed by atoms with van der Waals surface area (Å²) < 4.78 is 10.3. The average Bonchev–Trinajstić information content (AvgIpc) is 2.69. The number of benzene rings is 2. The Balaban J connectivity index is 1.64. The summed E-state index contributed by atoms with van der Waals surface area (Å²) >= 11 is 0. The number of amides is 1. The third-order valence-corrected chi connectivity index (χ3v) is 3.72. The molecule has 0 aliphatic heterocycles. The molecule has 0 radical (unpaired) electrons. The van der Waals surface area contributed by atoms with Gasteiger partial charge >= 0.3 is 0 Å². The van der Waals surface area contributed by atoms with Gasteiger partial charge in [0.1, 0.15) is 17.3 Å². The lowest BCUT2D eigenvalue weighted by Crippen LogP contribution is -2.12. The van der Waals surface area contributed by atoms with Crippen molar-refractivity contribution >= 4 is 23.1 Å². The Morgan fingerprint density at radius 3 is 2.31 bits per heavy atom. The largest absolute Gasteiger partial charge is 0.497 e. The van der Waals surface area contributed by atoms with Crippen LogP contribution in [0.4, 0.5) is 17.2 Å². The maximum absolute atomic E-state index is 12.2. The fraction of sp³-hybridized carbons (Fsp3) is 0.100. The van der Waals surface area contributed by atoms with Crippen LogP contribution < -0.4 is 20.1 Å². The Morgan fingerprint density at radius 2 is 1.65 bits per heavy atom. The molecule has 1 aromatic heterocycles. The zero-order valence-electron chi connectivity index (χ0n) is 14.5. The molecular formula is C20H19N3O3. The van der Waals surface area contributed by atoms with Crippen molar-refractivity contribution in [3.8, 4) is 11.5 Å². The van der Waals surface area contributed by atoms with Crippen LogP contribution in [0.3, 0.4) is 0 Å². The number of nitrogens with one attached hydrogen (secondary N) is 2. The number of ether oxygens (including phenoxy) is 2. The quantitative estimate of drug-likeness (QED) is 0.701. The van der Waals surface area contributed by atoms with E-state index in [1.807, 2.05) is 30.3 Å². The highest BCUT2D eigenvalue weighted by Gasteiger charge is 2.07. The van der Waals surface area contributed by atoms with Gasteiger partial charge in [-0.05, 0) is 48.5 Å². The Bertz CT molecular complexity index is 878. The van der Waals surface area contributed by atoms with Crippen molar-refractivity contribution in [2.75, 3.05) is 24.9 Å². The summed E-state index contributed by atoms with van der Waals surface area (Å²) in [6.07, 6.45) is 1.66. The predicted molar refractivity (Wildman–Crippen MR) is 101 cm³/mol. The van der Waals surface area contributed by atoms with Gasteiger partial charge in [0.2, 0.25) is 0 Å². The highest BCUT2D eigenvalue weighted by molar-refractivity contribution is 6.03. The number of aromatic nitrogens is 1. The first kappa shape index (κ1) is 17.3. The molecule has 0 unspecified atom stereocenters. The molecule has 0 atom stereocenters. The van der Waals surface area contributed by atoms with E-state index >= 15 is 0 Å². The maximum Gasteiger partial charge on any atom is 0.256 e. The van der Waals surface area contributed by atoms with E-state index in [4.69, 9.17) is 9.47 Å². The summed E-state index contributed by atoms with van der Waals surface area (Å²) in [7, 11) is 3.21. The molecule has 0 fully saturated rings. The molecule has 132 valence electrons. The van der Waals surface area contributed by atoms with Gasteiger partial charge in [0.15, 0.2) is 0 Å². The van der Waals surface area contributed by atoms with E-state index in [1.165, 1.54) is 0 Å². The standard InChI is InChI=1S/C20H19N3O3/c1-25-17-9-6-14(7-10-17)20(24)23-19-11-8-16(13-21-19)22-15-4-3-5-18(12-15)26-2/h3-13,22H,1-2H3,(H,21,23,24). The van der Waals surface area contributed by atoms with Crippen LogP contribution in [0, 0.1) is 0 Å². The number of carbonyl (C=O) groups is 1. The molecule has 0 bridgehead atoms. The van der Waals surface area contributed by atoms with Crippen molar-refractivity contribution in [1.82, 2.24) is 4.98 Å². The Morgan fingerprint density at radius 1 is 0.885 bits per heavy atom. The molecular weight excluding hydrogens is 330 g/mol. The third-order valence-electron chi connectivity index (χ3n) is 3.72. The van der Waals surface area contributed by atoms with E-state index in [0.29, 0.717) is 17.1 Å². The Hall–Kier alpha value is -3.54. The molecule has 3 aromatic rings. The maximum atomic E-state index is 12.2. The van der Waals surface area contributed by atoms with Gasteiger partial charge in [-0.1, -0.05) is 6.07 Å². The number of pyridine rings is 1. The summed E-state index contributed by atoms with van der Waals surface area (Å²) in [5.41, 5.74) is 2.23. The van der Waals surface area contributed by atoms with Crippen molar-refractivity contribution < 1.29 is 14.3 Å². The zero-order chi connectivity index (χ0) is 18.4. The van der Waals surface area contributed by atoms with Crippen molar-refractivity contribution in [1.29, 1.82) is 0 Å². The van der Waals surface area contributed by atoms with Gasteiger partial charge in [-0.3, -0.25) is 4.79 Å². The van der Waals surface area contributed by atoms with Gasteiger partial charge in [0.05, 0.1) is 26.1 Å².